The summed E-state index contributed by atoms with van der Waals surface area (Å²) >= 11 is 0. The number of nitrogens with zero attached hydrogens (tertiary/aromatic N) is 8. The van der Waals surface area contributed by atoms with E-state index in [0.717, 1.165) is 24.5 Å². The van der Waals surface area contributed by atoms with Crippen LogP contribution in [-0.4, -0.2) is 86.7 Å². The van der Waals surface area contributed by atoms with Crippen LogP contribution in [0.2, 0.25) is 0 Å². The van der Waals surface area contributed by atoms with Crippen LogP contribution < -0.4 is 15.4 Å². The van der Waals surface area contributed by atoms with Gasteiger partial charge in [0.2, 0.25) is 17.7 Å². The number of piperazine rings is 1. The zero-order valence-corrected chi connectivity index (χ0v) is 22.6. The molecule has 40 heavy (non-hydrogen) atoms. The summed E-state index contributed by atoms with van der Waals surface area (Å²) in [5.41, 5.74) is 7.18. The molecule has 0 radical (unpaired) electrons. The molecule has 2 N–H and O–H groups in total. The second-order valence-electron chi connectivity index (χ2n) is 10.1. The van der Waals surface area contributed by atoms with Crippen molar-refractivity contribution in [2.75, 3.05) is 57.1 Å². The third-order valence-electron chi connectivity index (χ3n) is 7.14. The molecule has 4 aromatic heterocycles. The lowest BCUT2D eigenvalue weighted by molar-refractivity contribution is -0.140. The van der Waals surface area contributed by atoms with Crippen molar-refractivity contribution in [1.29, 1.82) is 0 Å². The molecule has 5 aromatic rings. The summed E-state index contributed by atoms with van der Waals surface area (Å²) in [7, 11) is 1.65. The molecule has 1 aliphatic rings. The average Bonchev–Trinajstić information content (AvgIpc) is 3.73. The standard InChI is InChI=1S/C27H31N9O4/c1-27(2,25(37)34-12-10-33(11-13-34)18-6-8-19(9-7-18)39-16-15-38-3)35-17-20-22(31-35)30-26(28)36-24(20)29-23(32-36)21-5-4-14-40-21/h4-9,14,17H,10-13,15-16H2,1-3H3,(H2,28,30,31). The van der Waals surface area contributed by atoms with E-state index in [-0.39, 0.29) is 11.9 Å². The topological polar surface area (TPSA) is 142 Å². The SMILES string of the molecule is COCCOc1ccc(N2CCN(C(=O)C(C)(C)n3cc4c(nc(N)n5nc(-c6ccco6)nc45)n3)CC2)cc1. The molecule has 0 unspecified atom stereocenters. The number of carbonyl (C=O) groups is 1. The Balaban J connectivity index is 1.17. The Morgan fingerprint density at radius 3 is 2.52 bits per heavy atom. The van der Waals surface area contributed by atoms with Gasteiger partial charge in [0.25, 0.3) is 0 Å². The van der Waals surface area contributed by atoms with E-state index in [1.165, 1.54) is 4.52 Å². The molecule has 13 nitrogen and oxygen atoms in total. The lowest BCUT2D eigenvalue weighted by Gasteiger charge is -2.39. The molecule has 1 aromatic carbocycles. The molecule has 1 fully saturated rings. The Morgan fingerprint density at radius 2 is 1.82 bits per heavy atom. The van der Waals surface area contributed by atoms with Gasteiger partial charge in [-0.15, -0.1) is 5.10 Å². The third kappa shape index (κ3) is 4.57. The number of amides is 1. The molecule has 5 heterocycles. The van der Waals surface area contributed by atoms with Crippen molar-refractivity contribution >= 4 is 34.2 Å². The minimum Gasteiger partial charge on any atom is -0.491 e. The maximum Gasteiger partial charge on any atom is 0.250 e. The molecule has 13 heteroatoms. The average molecular weight is 546 g/mol. The number of hydrogen-bond donors (Lipinski definition) is 1. The molecule has 0 bridgehead atoms. The number of rotatable bonds is 8. The zero-order valence-electron chi connectivity index (χ0n) is 22.6. The number of carbonyl (C=O) groups excluding carboxylic acids is 1. The predicted octanol–water partition coefficient (Wildman–Crippen LogP) is 2.43. The van der Waals surface area contributed by atoms with Crippen molar-refractivity contribution in [1.82, 2.24) is 34.3 Å². The van der Waals surface area contributed by atoms with Crippen molar-refractivity contribution in [2.45, 2.75) is 19.4 Å². The number of nitrogens with two attached hydrogens (primary N) is 1. The summed E-state index contributed by atoms with van der Waals surface area (Å²) < 4.78 is 19.2. The molecular formula is C27H31N9O4. The highest BCUT2D eigenvalue weighted by Crippen LogP contribution is 2.27. The van der Waals surface area contributed by atoms with Crippen LogP contribution >= 0.6 is 0 Å². The van der Waals surface area contributed by atoms with Crippen molar-refractivity contribution in [2.24, 2.45) is 0 Å². The first-order valence-electron chi connectivity index (χ1n) is 13.1. The first-order chi connectivity index (χ1) is 19.3. The first kappa shape index (κ1) is 25.6. The summed E-state index contributed by atoms with van der Waals surface area (Å²) in [5, 5.41) is 9.70. The number of furan rings is 1. The number of nitrogen functional groups attached to an aromatic ring is 1. The number of methoxy groups -OCH3 is 1. The van der Waals surface area contributed by atoms with Crippen LogP contribution in [-0.2, 0) is 15.1 Å². The molecule has 0 atom stereocenters. The predicted molar refractivity (Wildman–Crippen MR) is 148 cm³/mol. The normalized spacial score (nSPS) is 14.4. The van der Waals surface area contributed by atoms with Gasteiger partial charge in [-0.25, -0.2) is 4.98 Å². The number of fused-ring (bicyclic) bond motifs is 3. The first-order valence-corrected chi connectivity index (χ1v) is 13.1. The zero-order chi connectivity index (χ0) is 27.9. The van der Waals surface area contributed by atoms with E-state index in [4.69, 9.17) is 19.6 Å². The smallest absolute Gasteiger partial charge is 0.250 e. The van der Waals surface area contributed by atoms with E-state index >= 15 is 0 Å². The molecule has 6 rings (SSSR count). The number of ether oxygens (including phenoxy) is 2. The third-order valence-corrected chi connectivity index (χ3v) is 7.14. The lowest BCUT2D eigenvalue weighted by Crippen LogP contribution is -2.54. The van der Waals surface area contributed by atoms with Gasteiger partial charge in [-0.1, -0.05) is 0 Å². The maximum atomic E-state index is 13.7. The number of aromatic nitrogens is 6. The van der Waals surface area contributed by atoms with E-state index in [1.54, 1.807) is 36.4 Å². The van der Waals surface area contributed by atoms with Gasteiger partial charge in [0.15, 0.2) is 17.1 Å². The minimum absolute atomic E-state index is 0.0245. The monoisotopic (exact) mass is 545 g/mol. The van der Waals surface area contributed by atoms with Gasteiger partial charge in [-0.3, -0.25) is 9.48 Å². The Kier molecular flexibility index (Phi) is 6.50. The van der Waals surface area contributed by atoms with Gasteiger partial charge in [0.1, 0.15) is 17.9 Å². The van der Waals surface area contributed by atoms with Crippen LogP contribution in [0.25, 0.3) is 28.3 Å². The molecule has 1 amide bonds. The van der Waals surface area contributed by atoms with Gasteiger partial charge in [-0.2, -0.15) is 14.6 Å². The van der Waals surface area contributed by atoms with Gasteiger partial charge < -0.3 is 29.4 Å². The van der Waals surface area contributed by atoms with Crippen LogP contribution in [0.3, 0.4) is 0 Å². The number of anilines is 2. The van der Waals surface area contributed by atoms with E-state index in [9.17, 15) is 4.79 Å². The van der Waals surface area contributed by atoms with Gasteiger partial charge >= 0.3 is 0 Å². The fourth-order valence-electron chi connectivity index (χ4n) is 4.85. The summed E-state index contributed by atoms with van der Waals surface area (Å²) in [5.74, 6) is 1.83. The highest BCUT2D eigenvalue weighted by Gasteiger charge is 2.37. The number of benzene rings is 1. The second-order valence-corrected chi connectivity index (χ2v) is 10.1. The molecule has 1 saturated heterocycles. The van der Waals surface area contributed by atoms with E-state index in [2.05, 4.69) is 25.1 Å². The second kappa shape index (κ2) is 10.2. The van der Waals surface area contributed by atoms with Crippen molar-refractivity contribution in [3.63, 3.8) is 0 Å². The van der Waals surface area contributed by atoms with Crippen molar-refractivity contribution in [3.8, 4) is 17.3 Å². The maximum absolute atomic E-state index is 13.7. The van der Waals surface area contributed by atoms with E-state index < -0.39 is 5.54 Å². The fraction of sp³-hybridized carbons (Fsp3) is 0.370. The lowest BCUT2D eigenvalue weighted by atomic mass is 10.0. The Labute approximate surface area is 230 Å². The van der Waals surface area contributed by atoms with Gasteiger partial charge in [0, 0.05) is 45.2 Å². The molecule has 1 aliphatic heterocycles. The molecule has 208 valence electrons. The summed E-state index contributed by atoms with van der Waals surface area (Å²) in [6, 6.07) is 11.5. The number of hydrogen-bond acceptors (Lipinski definition) is 10. The summed E-state index contributed by atoms with van der Waals surface area (Å²) in [6.07, 6.45) is 3.34. The Bertz CT molecular complexity index is 1630. The van der Waals surface area contributed by atoms with Crippen LogP contribution in [0.15, 0.2) is 53.3 Å². The molecule has 0 spiro atoms. The van der Waals surface area contributed by atoms with Crippen LogP contribution in [0.4, 0.5) is 11.6 Å². The van der Waals surface area contributed by atoms with Crippen molar-refractivity contribution < 1.29 is 18.7 Å². The van der Waals surface area contributed by atoms with Crippen molar-refractivity contribution in [3.05, 3.63) is 48.9 Å². The van der Waals surface area contributed by atoms with Gasteiger partial charge in [0.05, 0.1) is 18.3 Å². The van der Waals surface area contributed by atoms with Gasteiger partial charge in [-0.05, 0) is 50.2 Å². The minimum atomic E-state index is -0.959. The molecule has 0 aliphatic carbocycles. The fourth-order valence-corrected chi connectivity index (χ4v) is 4.85. The highest BCUT2D eigenvalue weighted by atomic mass is 16.5. The van der Waals surface area contributed by atoms with E-state index in [0.29, 0.717) is 54.6 Å². The quantitative estimate of drug-likeness (QED) is 0.289. The Hall–Kier alpha value is -4.65. The molecular weight excluding hydrogens is 514 g/mol. The van der Waals surface area contributed by atoms with Crippen LogP contribution in [0.1, 0.15) is 13.8 Å². The van der Waals surface area contributed by atoms with E-state index in [1.807, 2.05) is 43.0 Å². The summed E-state index contributed by atoms with van der Waals surface area (Å²) in [6.45, 7) is 7.41. The molecule has 0 saturated carbocycles. The largest absolute Gasteiger partial charge is 0.491 e. The van der Waals surface area contributed by atoms with Crippen LogP contribution in [0.5, 0.6) is 5.75 Å². The summed E-state index contributed by atoms with van der Waals surface area (Å²) in [4.78, 5) is 26.9. The highest BCUT2D eigenvalue weighted by molar-refractivity contribution is 5.91. The van der Waals surface area contributed by atoms with Crippen LogP contribution in [0, 0.1) is 0 Å². The Morgan fingerprint density at radius 1 is 1.05 bits per heavy atom.